The first-order valence-electron chi connectivity index (χ1n) is 9.16. The Morgan fingerprint density at radius 2 is 1.72 bits per heavy atom. The van der Waals surface area contributed by atoms with Crippen LogP contribution in [0.3, 0.4) is 0 Å². The molecule has 8 heteroatoms. The molecular weight excluding hydrogens is 413 g/mol. The molecule has 3 aromatic rings. The Labute approximate surface area is 178 Å². The largest absolute Gasteiger partial charge is 0.490 e. The van der Waals surface area contributed by atoms with Crippen LogP contribution in [0.4, 0.5) is 5.69 Å². The van der Waals surface area contributed by atoms with Crippen molar-refractivity contribution in [2.24, 2.45) is 0 Å². The number of carbonyl (C=O) groups excluding carboxylic acids is 1. The summed E-state index contributed by atoms with van der Waals surface area (Å²) in [7, 11) is 0. The van der Waals surface area contributed by atoms with Gasteiger partial charge in [0.2, 0.25) is 0 Å². The number of nitrogens with zero attached hydrogens (tertiary/aromatic N) is 2. The number of benzene rings is 2. The van der Waals surface area contributed by atoms with Crippen LogP contribution >= 0.6 is 23.2 Å². The average Bonchev–Trinajstić information content (AvgIpc) is 2.88. The molecule has 0 spiro atoms. The second kappa shape index (κ2) is 7.97. The Morgan fingerprint density at radius 3 is 2.34 bits per heavy atom. The van der Waals surface area contributed by atoms with E-state index in [4.69, 9.17) is 32.7 Å². The lowest BCUT2D eigenvalue weighted by molar-refractivity contribution is 0.102. The van der Waals surface area contributed by atoms with Crippen LogP contribution in [0.1, 0.15) is 28.2 Å². The van der Waals surface area contributed by atoms with Gasteiger partial charge in [0.15, 0.2) is 11.5 Å². The predicted molar refractivity (Wildman–Crippen MR) is 113 cm³/mol. The summed E-state index contributed by atoms with van der Waals surface area (Å²) in [6, 6.07) is 10.4. The van der Waals surface area contributed by atoms with Crippen LogP contribution in [-0.4, -0.2) is 28.9 Å². The molecular formula is C21H19Cl2N3O3. The van der Waals surface area contributed by atoms with Crippen LogP contribution in [-0.2, 0) is 0 Å². The minimum atomic E-state index is -0.278. The van der Waals surface area contributed by atoms with Gasteiger partial charge in [0.25, 0.3) is 5.91 Å². The first-order valence-corrected chi connectivity index (χ1v) is 9.92. The van der Waals surface area contributed by atoms with Gasteiger partial charge in [-0.3, -0.25) is 4.79 Å². The summed E-state index contributed by atoms with van der Waals surface area (Å²) in [5, 5.41) is 8.28. The van der Waals surface area contributed by atoms with E-state index in [2.05, 4.69) is 10.4 Å². The second-order valence-electron chi connectivity index (χ2n) is 6.73. The molecule has 0 fully saturated rings. The van der Waals surface area contributed by atoms with Gasteiger partial charge in [-0.1, -0.05) is 23.2 Å². The number of aryl methyl sites for hydroxylation is 1. The van der Waals surface area contributed by atoms with Crippen molar-refractivity contribution in [3.63, 3.8) is 0 Å². The Kier molecular flexibility index (Phi) is 5.39. The van der Waals surface area contributed by atoms with Crippen LogP contribution in [0.25, 0.3) is 5.69 Å². The number of amides is 1. The van der Waals surface area contributed by atoms with Crippen molar-refractivity contribution in [3.05, 3.63) is 63.4 Å². The molecule has 0 radical (unpaired) electrons. The SMILES string of the molecule is Cc1nn(-c2ccc(C(=O)Nc3cc4c(cc3Cl)OCCCO4)cc2)c(C)c1Cl. The standard InChI is InChI=1S/C21H19Cl2N3O3/c1-12-20(23)13(2)26(25-12)15-6-4-14(5-7-15)21(27)24-17-11-19-18(10-16(17)22)28-8-3-9-29-19/h4-7,10-11H,3,8-9H2,1-2H3,(H,24,27). The van der Waals surface area contributed by atoms with E-state index < -0.39 is 0 Å². The smallest absolute Gasteiger partial charge is 0.255 e. The van der Waals surface area contributed by atoms with Crippen molar-refractivity contribution in [2.75, 3.05) is 18.5 Å². The third-order valence-corrected chi connectivity index (χ3v) is 5.52. The van der Waals surface area contributed by atoms with Crippen LogP contribution in [0.2, 0.25) is 10.0 Å². The van der Waals surface area contributed by atoms with E-state index >= 15 is 0 Å². The highest BCUT2D eigenvalue weighted by molar-refractivity contribution is 6.34. The fraction of sp³-hybridized carbons (Fsp3) is 0.238. The Morgan fingerprint density at radius 1 is 1.07 bits per heavy atom. The Balaban J connectivity index is 1.55. The number of fused-ring (bicyclic) bond motifs is 1. The number of hydrogen-bond acceptors (Lipinski definition) is 4. The van der Waals surface area contributed by atoms with E-state index in [1.54, 1.807) is 28.9 Å². The van der Waals surface area contributed by atoms with Gasteiger partial charge in [0.1, 0.15) is 0 Å². The van der Waals surface area contributed by atoms with Crippen molar-refractivity contribution < 1.29 is 14.3 Å². The number of ether oxygens (including phenoxy) is 2. The molecule has 1 aliphatic rings. The third kappa shape index (κ3) is 3.91. The summed E-state index contributed by atoms with van der Waals surface area (Å²) in [6.45, 7) is 4.88. The molecule has 6 nitrogen and oxygen atoms in total. The average molecular weight is 432 g/mol. The van der Waals surface area contributed by atoms with Gasteiger partial charge in [-0.25, -0.2) is 4.68 Å². The second-order valence-corrected chi connectivity index (χ2v) is 7.51. The highest BCUT2D eigenvalue weighted by Gasteiger charge is 2.17. The highest BCUT2D eigenvalue weighted by Crippen LogP contribution is 2.37. The Bertz CT molecular complexity index is 1080. The first kappa shape index (κ1) is 19.6. The number of aromatic nitrogens is 2. The zero-order valence-corrected chi connectivity index (χ0v) is 17.5. The van der Waals surface area contributed by atoms with Gasteiger partial charge in [-0.2, -0.15) is 5.10 Å². The number of nitrogens with one attached hydrogen (secondary N) is 1. The van der Waals surface area contributed by atoms with E-state index in [-0.39, 0.29) is 5.91 Å². The zero-order valence-electron chi connectivity index (χ0n) is 16.0. The molecule has 0 bridgehead atoms. The zero-order chi connectivity index (χ0) is 20.5. The van der Waals surface area contributed by atoms with Gasteiger partial charge in [0, 0.05) is 24.1 Å². The number of hydrogen-bond donors (Lipinski definition) is 1. The van der Waals surface area contributed by atoms with Crippen LogP contribution in [0.15, 0.2) is 36.4 Å². The molecule has 0 aliphatic carbocycles. The van der Waals surface area contributed by atoms with Crippen LogP contribution in [0.5, 0.6) is 11.5 Å². The maximum absolute atomic E-state index is 12.7. The number of rotatable bonds is 3. The van der Waals surface area contributed by atoms with Crippen molar-refractivity contribution in [3.8, 4) is 17.2 Å². The van der Waals surface area contributed by atoms with Crippen molar-refractivity contribution in [2.45, 2.75) is 20.3 Å². The molecule has 1 aromatic heterocycles. The lowest BCUT2D eigenvalue weighted by atomic mass is 10.2. The van der Waals surface area contributed by atoms with Gasteiger partial charge >= 0.3 is 0 Å². The lowest BCUT2D eigenvalue weighted by Gasteiger charge is -2.13. The van der Waals surface area contributed by atoms with Crippen molar-refractivity contribution in [1.29, 1.82) is 0 Å². The molecule has 4 rings (SSSR count). The van der Waals surface area contributed by atoms with Gasteiger partial charge in [0.05, 0.1) is 46.0 Å². The van der Waals surface area contributed by atoms with E-state index in [9.17, 15) is 4.79 Å². The molecule has 1 aliphatic heterocycles. The topological polar surface area (TPSA) is 65.4 Å². The number of carbonyl (C=O) groups is 1. The van der Waals surface area contributed by atoms with E-state index in [0.29, 0.717) is 46.0 Å². The molecule has 150 valence electrons. The molecule has 1 amide bonds. The molecule has 0 saturated heterocycles. The summed E-state index contributed by atoms with van der Waals surface area (Å²) >= 11 is 12.5. The van der Waals surface area contributed by atoms with E-state index in [1.165, 1.54) is 0 Å². The first-order chi connectivity index (χ1) is 13.9. The fourth-order valence-electron chi connectivity index (χ4n) is 3.10. The third-order valence-electron chi connectivity index (χ3n) is 4.66. The summed E-state index contributed by atoms with van der Waals surface area (Å²) in [5.74, 6) is 0.872. The maximum atomic E-state index is 12.7. The van der Waals surface area contributed by atoms with Gasteiger partial charge in [-0.05, 0) is 38.1 Å². The van der Waals surface area contributed by atoms with Crippen molar-refractivity contribution in [1.82, 2.24) is 9.78 Å². The van der Waals surface area contributed by atoms with Gasteiger partial charge < -0.3 is 14.8 Å². The van der Waals surface area contributed by atoms with E-state index in [0.717, 1.165) is 23.5 Å². The lowest BCUT2D eigenvalue weighted by Crippen LogP contribution is -2.12. The number of halogens is 2. The van der Waals surface area contributed by atoms with Crippen LogP contribution in [0, 0.1) is 13.8 Å². The molecule has 1 N–H and O–H groups in total. The van der Waals surface area contributed by atoms with Crippen molar-refractivity contribution >= 4 is 34.8 Å². The van der Waals surface area contributed by atoms with E-state index in [1.807, 2.05) is 26.0 Å². The number of anilines is 1. The minimum absolute atomic E-state index is 0.278. The minimum Gasteiger partial charge on any atom is -0.490 e. The maximum Gasteiger partial charge on any atom is 0.255 e. The molecule has 2 heterocycles. The summed E-state index contributed by atoms with van der Waals surface area (Å²) < 4.78 is 13.0. The summed E-state index contributed by atoms with van der Waals surface area (Å²) in [5.41, 5.74) is 3.39. The fourth-order valence-corrected chi connectivity index (χ4v) is 3.42. The molecule has 0 saturated carbocycles. The monoisotopic (exact) mass is 431 g/mol. The van der Waals surface area contributed by atoms with Gasteiger partial charge in [-0.15, -0.1) is 0 Å². The highest BCUT2D eigenvalue weighted by atomic mass is 35.5. The Hall–Kier alpha value is -2.70. The molecule has 0 atom stereocenters. The molecule has 0 unspecified atom stereocenters. The summed E-state index contributed by atoms with van der Waals surface area (Å²) in [4.78, 5) is 12.7. The predicted octanol–water partition coefficient (Wildman–Crippen LogP) is 5.21. The molecule has 2 aromatic carbocycles. The quantitative estimate of drug-likeness (QED) is 0.617. The molecule has 29 heavy (non-hydrogen) atoms. The van der Waals surface area contributed by atoms with Crippen LogP contribution < -0.4 is 14.8 Å². The summed E-state index contributed by atoms with van der Waals surface area (Å²) in [6.07, 6.45) is 0.792. The normalized spacial score (nSPS) is 13.1.